The Labute approximate surface area is 113 Å². The molecule has 1 aliphatic heterocycles. The van der Waals surface area contributed by atoms with E-state index in [-0.39, 0.29) is 0 Å². The topological polar surface area (TPSA) is 56.5 Å². The summed E-state index contributed by atoms with van der Waals surface area (Å²) in [4.78, 5) is 23.7. The van der Waals surface area contributed by atoms with Gasteiger partial charge in [-0.2, -0.15) is 0 Å². The number of benzene rings is 2. The van der Waals surface area contributed by atoms with Crippen molar-refractivity contribution >= 4 is 22.7 Å². The van der Waals surface area contributed by atoms with Crippen molar-refractivity contribution in [1.29, 1.82) is 0 Å². The molecule has 0 saturated carbocycles. The van der Waals surface area contributed by atoms with Crippen LogP contribution < -0.4 is 0 Å². The zero-order valence-electron chi connectivity index (χ0n) is 10.3. The van der Waals surface area contributed by atoms with Crippen LogP contribution in [0.15, 0.2) is 53.1 Å². The van der Waals surface area contributed by atoms with Crippen LogP contribution in [0.3, 0.4) is 0 Å². The molecule has 0 atom stereocenters. The molecule has 4 nitrogen and oxygen atoms in total. The van der Waals surface area contributed by atoms with Crippen LogP contribution in [0.5, 0.6) is 0 Å². The molecular weight excluding hydrogens is 256 g/mol. The highest BCUT2D eigenvalue weighted by atomic mass is 16.6. The van der Waals surface area contributed by atoms with Gasteiger partial charge >= 0.3 is 11.9 Å². The summed E-state index contributed by atoms with van der Waals surface area (Å²) in [5, 5.41) is 1.46. The van der Waals surface area contributed by atoms with E-state index in [1.165, 1.54) is 0 Å². The number of esters is 2. The van der Waals surface area contributed by atoms with Crippen LogP contribution in [0.4, 0.5) is 0 Å². The second-order valence-electron chi connectivity index (χ2n) is 4.58. The summed E-state index contributed by atoms with van der Waals surface area (Å²) in [6.07, 6.45) is 1.57. The summed E-state index contributed by atoms with van der Waals surface area (Å²) in [6.45, 7) is 0. The molecule has 0 bridgehead atoms. The maximum atomic E-state index is 11.9. The van der Waals surface area contributed by atoms with Gasteiger partial charge in [0.1, 0.15) is 5.76 Å². The molecule has 20 heavy (non-hydrogen) atoms. The number of hydrogen-bond acceptors (Lipinski definition) is 4. The highest BCUT2D eigenvalue weighted by Crippen LogP contribution is 2.33. The van der Waals surface area contributed by atoms with Gasteiger partial charge in [-0.1, -0.05) is 12.1 Å². The van der Waals surface area contributed by atoms with Gasteiger partial charge in [-0.25, -0.2) is 9.59 Å². The smallest absolute Gasteiger partial charge is 0.346 e. The van der Waals surface area contributed by atoms with Crippen molar-refractivity contribution in [2.45, 2.75) is 0 Å². The molecule has 0 unspecified atom stereocenters. The molecule has 0 radical (unpaired) electrons. The average molecular weight is 264 g/mol. The van der Waals surface area contributed by atoms with Crippen molar-refractivity contribution in [1.82, 2.24) is 0 Å². The monoisotopic (exact) mass is 264 g/mol. The van der Waals surface area contributed by atoms with Crippen LogP contribution in [0, 0.1) is 0 Å². The highest BCUT2D eigenvalue weighted by Gasteiger charge is 2.27. The van der Waals surface area contributed by atoms with Gasteiger partial charge in [0.05, 0.1) is 17.4 Å². The second kappa shape index (κ2) is 3.81. The number of furan rings is 1. The Balaban J connectivity index is 2.11. The van der Waals surface area contributed by atoms with Crippen LogP contribution in [0.2, 0.25) is 0 Å². The summed E-state index contributed by atoms with van der Waals surface area (Å²) >= 11 is 0. The first-order chi connectivity index (χ1) is 9.74. The highest BCUT2D eigenvalue weighted by molar-refractivity contribution is 6.21. The first-order valence-corrected chi connectivity index (χ1v) is 6.11. The van der Waals surface area contributed by atoms with Crippen molar-refractivity contribution in [2.24, 2.45) is 0 Å². The van der Waals surface area contributed by atoms with Crippen molar-refractivity contribution in [3.8, 4) is 11.3 Å². The third-order valence-corrected chi connectivity index (χ3v) is 3.41. The summed E-state index contributed by atoms with van der Waals surface area (Å²) in [7, 11) is 0. The predicted molar refractivity (Wildman–Crippen MR) is 71.4 cm³/mol. The van der Waals surface area contributed by atoms with Gasteiger partial charge in [0.15, 0.2) is 0 Å². The van der Waals surface area contributed by atoms with Crippen molar-refractivity contribution < 1.29 is 18.7 Å². The molecule has 0 amide bonds. The van der Waals surface area contributed by atoms with Crippen molar-refractivity contribution in [3.05, 3.63) is 59.9 Å². The Morgan fingerprint density at radius 2 is 1.70 bits per heavy atom. The number of rotatable bonds is 1. The Bertz CT molecular complexity index is 860. The van der Waals surface area contributed by atoms with Crippen LogP contribution in [-0.2, 0) is 4.74 Å². The molecule has 2 heterocycles. The molecule has 4 heteroatoms. The van der Waals surface area contributed by atoms with E-state index in [0.29, 0.717) is 22.3 Å². The second-order valence-corrected chi connectivity index (χ2v) is 4.58. The Morgan fingerprint density at radius 1 is 0.850 bits per heavy atom. The third kappa shape index (κ3) is 1.42. The van der Waals surface area contributed by atoms with Crippen molar-refractivity contribution in [3.63, 3.8) is 0 Å². The van der Waals surface area contributed by atoms with Gasteiger partial charge in [-0.15, -0.1) is 0 Å². The molecule has 2 aromatic carbocycles. The molecule has 0 N–H and O–H groups in total. The number of carbonyl (C=O) groups is 2. The van der Waals surface area contributed by atoms with Gasteiger partial charge in [-0.3, -0.25) is 0 Å². The standard InChI is InChI=1S/C16H8O4/c17-15-11-4-1-3-9-7-10(13-5-2-6-19-13)8-12(14(9)11)16(18)20-15/h1-8H. The Morgan fingerprint density at radius 3 is 2.50 bits per heavy atom. The summed E-state index contributed by atoms with van der Waals surface area (Å²) in [5.41, 5.74) is 1.59. The van der Waals surface area contributed by atoms with Gasteiger partial charge in [0, 0.05) is 10.9 Å². The van der Waals surface area contributed by atoms with Crippen LogP contribution in [-0.4, -0.2) is 11.9 Å². The fraction of sp³-hybridized carbons (Fsp3) is 0. The molecule has 0 spiro atoms. The normalized spacial score (nSPS) is 13.6. The third-order valence-electron chi connectivity index (χ3n) is 3.41. The minimum Gasteiger partial charge on any atom is -0.464 e. The summed E-state index contributed by atoms with van der Waals surface area (Å²) in [6, 6.07) is 12.5. The number of cyclic esters (lactones) is 2. The van der Waals surface area contributed by atoms with Crippen LogP contribution >= 0.6 is 0 Å². The average Bonchev–Trinajstić information content (AvgIpc) is 2.98. The molecule has 96 valence electrons. The SMILES string of the molecule is O=C1OC(=O)c2cc(-c3ccco3)cc3cccc1c23. The zero-order valence-corrected chi connectivity index (χ0v) is 10.3. The van der Waals surface area contributed by atoms with Gasteiger partial charge in [0.25, 0.3) is 0 Å². The first-order valence-electron chi connectivity index (χ1n) is 6.11. The largest absolute Gasteiger partial charge is 0.464 e. The number of hydrogen-bond donors (Lipinski definition) is 0. The van der Waals surface area contributed by atoms with Crippen LogP contribution in [0.1, 0.15) is 20.7 Å². The van der Waals surface area contributed by atoms with E-state index in [0.717, 1.165) is 10.9 Å². The maximum absolute atomic E-state index is 11.9. The van der Waals surface area contributed by atoms with Gasteiger partial charge in [0.2, 0.25) is 0 Å². The molecule has 0 fully saturated rings. The van der Waals surface area contributed by atoms with E-state index in [1.807, 2.05) is 18.2 Å². The van der Waals surface area contributed by atoms with E-state index < -0.39 is 11.9 Å². The van der Waals surface area contributed by atoms with E-state index in [1.54, 1.807) is 30.5 Å². The molecule has 3 aromatic rings. The summed E-state index contributed by atoms with van der Waals surface area (Å²) < 4.78 is 10.1. The fourth-order valence-corrected chi connectivity index (χ4v) is 2.54. The first kappa shape index (κ1) is 11.0. The lowest BCUT2D eigenvalue weighted by Gasteiger charge is -2.16. The van der Waals surface area contributed by atoms with E-state index in [2.05, 4.69) is 0 Å². The Hall–Kier alpha value is -2.88. The molecule has 4 rings (SSSR count). The molecular formula is C16H8O4. The van der Waals surface area contributed by atoms with Gasteiger partial charge in [-0.05, 0) is 35.7 Å². The lowest BCUT2D eigenvalue weighted by atomic mass is 9.94. The van der Waals surface area contributed by atoms with E-state index in [9.17, 15) is 9.59 Å². The van der Waals surface area contributed by atoms with E-state index in [4.69, 9.17) is 9.15 Å². The predicted octanol–water partition coefficient (Wildman–Crippen LogP) is 3.41. The summed E-state index contributed by atoms with van der Waals surface area (Å²) in [5.74, 6) is -0.552. The fourth-order valence-electron chi connectivity index (χ4n) is 2.54. The minimum atomic E-state index is -0.618. The lowest BCUT2D eigenvalue weighted by molar-refractivity contribution is 0.0391. The molecule has 0 saturated heterocycles. The maximum Gasteiger partial charge on any atom is 0.346 e. The minimum absolute atomic E-state index is 0.393. The van der Waals surface area contributed by atoms with Gasteiger partial charge < -0.3 is 9.15 Å². The van der Waals surface area contributed by atoms with Crippen LogP contribution in [0.25, 0.3) is 22.1 Å². The number of ether oxygens (including phenoxy) is 1. The molecule has 1 aromatic heterocycles. The zero-order chi connectivity index (χ0) is 13.7. The Kier molecular flexibility index (Phi) is 2.09. The lowest BCUT2D eigenvalue weighted by Crippen LogP contribution is -2.19. The molecule has 0 aliphatic carbocycles. The molecule has 1 aliphatic rings. The quantitative estimate of drug-likeness (QED) is 0.499. The van der Waals surface area contributed by atoms with E-state index >= 15 is 0 Å². The number of carbonyl (C=O) groups excluding carboxylic acids is 2. The van der Waals surface area contributed by atoms with Crippen molar-refractivity contribution in [2.75, 3.05) is 0 Å².